The highest BCUT2D eigenvalue weighted by Gasteiger charge is 2.45. The van der Waals surface area contributed by atoms with Crippen LogP contribution in [0.5, 0.6) is 5.75 Å². The fraction of sp³-hybridized carbons (Fsp3) is 0.310. The van der Waals surface area contributed by atoms with E-state index in [0.29, 0.717) is 31.1 Å². The van der Waals surface area contributed by atoms with Crippen molar-refractivity contribution in [3.8, 4) is 5.75 Å². The highest BCUT2D eigenvalue weighted by atomic mass is 79.9. The fourth-order valence-corrected chi connectivity index (χ4v) is 5.16. The molecule has 1 aliphatic carbocycles. The van der Waals surface area contributed by atoms with Gasteiger partial charge in [-0.3, -0.25) is 10.2 Å². The van der Waals surface area contributed by atoms with Crippen LogP contribution in [-0.4, -0.2) is 48.3 Å². The van der Waals surface area contributed by atoms with Gasteiger partial charge in [0.1, 0.15) is 12.4 Å². The van der Waals surface area contributed by atoms with Crippen molar-refractivity contribution < 1.29 is 19.4 Å². The number of hydrazine groups is 1. The zero-order valence-corrected chi connectivity index (χ0v) is 22.0. The second-order valence-corrected chi connectivity index (χ2v) is 10.3. The van der Waals surface area contributed by atoms with Crippen LogP contribution < -0.4 is 15.6 Å². The van der Waals surface area contributed by atoms with Gasteiger partial charge in [-0.1, -0.05) is 58.4 Å². The van der Waals surface area contributed by atoms with Crippen molar-refractivity contribution >= 4 is 27.7 Å². The van der Waals surface area contributed by atoms with E-state index in [4.69, 9.17) is 19.6 Å². The van der Waals surface area contributed by atoms with E-state index in [-0.39, 0.29) is 25.2 Å². The Morgan fingerprint density at radius 3 is 2.46 bits per heavy atom. The molecule has 7 nitrogen and oxygen atoms in total. The quantitative estimate of drug-likeness (QED) is 0.258. The lowest BCUT2D eigenvalue weighted by atomic mass is 9.91. The first-order valence-electron chi connectivity index (χ1n) is 12.5. The highest BCUT2D eigenvalue weighted by molar-refractivity contribution is 9.10. The lowest BCUT2D eigenvalue weighted by Crippen LogP contribution is -2.55. The number of hydrogen-bond acceptors (Lipinski definition) is 6. The predicted molar refractivity (Wildman–Crippen MR) is 146 cm³/mol. The molecule has 0 bridgehead atoms. The number of carbonyl (C=O) groups is 1. The third-order valence-corrected chi connectivity index (χ3v) is 7.51. The molecular weight excluding hydrogens is 534 g/mol. The summed E-state index contributed by atoms with van der Waals surface area (Å²) < 4.78 is 12.6. The molecule has 2 aliphatic rings. The maximum atomic E-state index is 13.7. The first-order valence-corrected chi connectivity index (χ1v) is 13.3. The molecule has 0 radical (unpaired) electrons. The van der Waals surface area contributed by atoms with Crippen LogP contribution >= 0.6 is 15.9 Å². The Labute approximate surface area is 225 Å². The van der Waals surface area contributed by atoms with Gasteiger partial charge in [-0.25, -0.2) is 10.4 Å². The smallest absolute Gasteiger partial charge is 0.266 e. The number of ether oxygens (including phenoxy) is 2. The average molecular weight is 564 g/mol. The molecule has 0 aromatic heterocycles. The van der Waals surface area contributed by atoms with Gasteiger partial charge >= 0.3 is 0 Å². The summed E-state index contributed by atoms with van der Waals surface area (Å²) in [7, 11) is 0. The lowest BCUT2D eigenvalue weighted by molar-refractivity contribution is -0.128. The Hall–Kier alpha value is -3.20. The molecule has 1 atom stereocenters. The summed E-state index contributed by atoms with van der Waals surface area (Å²) in [6.07, 6.45) is 2.70. The maximum Gasteiger partial charge on any atom is 0.266 e. The molecule has 0 saturated heterocycles. The van der Waals surface area contributed by atoms with Crippen LogP contribution in [-0.2, 0) is 28.8 Å². The van der Waals surface area contributed by atoms with E-state index >= 15 is 0 Å². The van der Waals surface area contributed by atoms with E-state index in [0.717, 1.165) is 28.4 Å². The van der Waals surface area contributed by atoms with Crippen molar-refractivity contribution in [2.75, 3.05) is 19.8 Å². The van der Waals surface area contributed by atoms with Gasteiger partial charge in [0.15, 0.2) is 5.54 Å². The molecule has 5 rings (SSSR count). The predicted octanol–water partition coefficient (Wildman–Crippen LogP) is 3.76. The molecule has 0 fully saturated rings. The standard InChI is InChI=1S/C29H30BrN3O4/c30-26-9-4-3-8-23(26)18-29(28(35)33-32-24-16-21-6-1-2-7-22(21)17-24)19-37-27(31-29)20-10-12-25(13-11-20)36-15-5-14-34/h1-4,6-13,24,32,34H,5,14-19H2,(H,33,35)/t29-/m0/s1. The van der Waals surface area contributed by atoms with Crippen LogP contribution in [0.3, 0.4) is 0 Å². The Balaban J connectivity index is 1.33. The van der Waals surface area contributed by atoms with E-state index in [1.807, 2.05) is 60.7 Å². The third kappa shape index (κ3) is 5.87. The molecule has 0 saturated carbocycles. The Morgan fingerprint density at radius 1 is 1.05 bits per heavy atom. The third-order valence-electron chi connectivity index (χ3n) is 6.74. The Morgan fingerprint density at radius 2 is 1.76 bits per heavy atom. The first-order chi connectivity index (χ1) is 18.1. The number of rotatable bonds is 10. The number of aliphatic imine (C=N–C) groups is 1. The summed E-state index contributed by atoms with van der Waals surface area (Å²) in [5.41, 5.74) is 9.46. The fourth-order valence-electron chi connectivity index (χ4n) is 4.73. The molecule has 1 aliphatic heterocycles. The average Bonchev–Trinajstić information content (AvgIpc) is 3.54. The van der Waals surface area contributed by atoms with Gasteiger partial charge in [0.25, 0.3) is 5.91 Å². The molecule has 1 heterocycles. The molecule has 37 heavy (non-hydrogen) atoms. The minimum absolute atomic E-state index is 0.0902. The van der Waals surface area contributed by atoms with Crippen molar-refractivity contribution in [2.45, 2.75) is 37.3 Å². The van der Waals surface area contributed by atoms with Crippen molar-refractivity contribution in [1.29, 1.82) is 0 Å². The molecule has 1 amide bonds. The molecule has 3 N–H and O–H groups in total. The van der Waals surface area contributed by atoms with Gasteiger partial charge in [-0.2, -0.15) is 0 Å². The summed E-state index contributed by atoms with van der Waals surface area (Å²) in [5.74, 6) is 0.908. The van der Waals surface area contributed by atoms with Crippen LogP contribution in [0.4, 0.5) is 0 Å². The van der Waals surface area contributed by atoms with E-state index in [9.17, 15) is 4.79 Å². The number of carbonyl (C=O) groups excluding carboxylic acids is 1. The van der Waals surface area contributed by atoms with Gasteiger partial charge in [0.05, 0.1) is 6.61 Å². The summed E-state index contributed by atoms with van der Waals surface area (Å²) in [5, 5.41) is 8.94. The van der Waals surface area contributed by atoms with Gasteiger partial charge < -0.3 is 14.6 Å². The number of hydrogen-bond donors (Lipinski definition) is 3. The molecule has 0 unspecified atom stereocenters. The van der Waals surface area contributed by atoms with Gasteiger partial charge in [-0.05, 0) is 59.9 Å². The monoisotopic (exact) mass is 563 g/mol. The number of aliphatic hydroxyl groups excluding tert-OH is 1. The van der Waals surface area contributed by atoms with Crippen LogP contribution in [0, 0.1) is 0 Å². The van der Waals surface area contributed by atoms with E-state index in [1.165, 1.54) is 11.1 Å². The molecule has 192 valence electrons. The first kappa shape index (κ1) is 25.4. The van der Waals surface area contributed by atoms with Crippen LogP contribution in [0.1, 0.15) is 28.7 Å². The SMILES string of the molecule is O=C(NNC1Cc2ccccc2C1)[C@]1(Cc2ccccc2Br)COC(c2ccc(OCCCO)cc2)=N1. The number of benzene rings is 3. The Bertz CT molecular complexity index is 1260. The van der Waals surface area contributed by atoms with Crippen LogP contribution in [0.2, 0.25) is 0 Å². The number of nitrogens with zero attached hydrogens (tertiary/aromatic N) is 1. The number of aliphatic hydroxyl groups is 1. The zero-order valence-electron chi connectivity index (χ0n) is 20.5. The zero-order chi connectivity index (χ0) is 25.7. The van der Waals surface area contributed by atoms with Gasteiger partial charge in [0, 0.05) is 35.5 Å². The van der Waals surface area contributed by atoms with Crippen molar-refractivity contribution in [2.24, 2.45) is 4.99 Å². The topological polar surface area (TPSA) is 92.2 Å². The minimum atomic E-state index is -1.12. The molecule has 3 aromatic rings. The van der Waals surface area contributed by atoms with E-state index in [2.05, 4.69) is 38.9 Å². The van der Waals surface area contributed by atoms with Crippen molar-refractivity contribution in [3.63, 3.8) is 0 Å². The van der Waals surface area contributed by atoms with Crippen molar-refractivity contribution in [3.05, 3.63) is 99.5 Å². The second-order valence-electron chi connectivity index (χ2n) is 9.43. The molecular formula is C29H30BrN3O4. The minimum Gasteiger partial charge on any atom is -0.494 e. The van der Waals surface area contributed by atoms with E-state index in [1.54, 1.807) is 0 Å². The molecule has 0 spiro atoms. The normalized spacial score (nSPS) is 18.7. The van der Waals surface area contributed by atoms with E-state index < -0.39 is 5.54 Å². The largest absolute Gasteiger partial charge is 0.494 e. The van der Waals surface area contributed by atoms with Crippen LogP contribution in [0.15, 0.2) is 82.3 Å². The summed E-state index contributed by atoms with van der Waals surface area (Å²) in [4.78, 5) is 18.5. The highest BCUT2D eigenvalue weighted by Crippen LogP contribution is 2.30. The summed E-state index contributed by atoms with van der Waals surface area (Å²) >= 11 is 3.61. The maximum absolute atomic E-state index is 13.7. The second kappa shape index (κ2) is 11.5. The number of nitrogens with one attached hydrogen (secondary N) is 2. The van der Waals surface area contributed by atoms with Gasteiger partial charge in [0.2, 0.25) is 5.90 Å². The summed E-state index contributed by atoms with van der Waals surface area (Å²) in [6.45, 7) is 0.672. The lowest BCUT2D eigenvalue weighted by Gasteiger charge is -2.25. The Kier molecular flexibility index (Phi) is 7.88. The summed E-state index contributed by atoms with van der Waals surface area (Å²) in [6, 6.07) is 23.8. The van der Waals surface area contributed by atoms with Crippen LogP contribution in [0.25, 0.3) is 0 Å². The number of fused-ring (bicyclic) bond motifs is 1. The molecule has 8 heteroatoms. The van der Waals surface area contributed by atoms with Gasteiger partial charge in [-0.15, -0.1) is 0 Å². The molecule has 3 aromatic carbocycles. The van der Waals surface area contributed by atoms with Crippen molar-refractivity contribution in [1.82, 2.24) is 10.9 Å². The number of amides is 1. The number of halogens is 1.